The first-order valence-electron chi connectivity index (χ1n) is 6.59. The maximum atomic E-state index is 11.6. The van der Waals surface area contributed by atoms with E-state index >= 15 is 0 Å². The topological polar surface area (TPSA) is 80.0 Å². The van der Waals surface area contributed by atoms with E-state index < -0.39 is 5.63 Å². The number of hydrogen-bond donors (Lipinski definition) is 1. The molecule has 1 N–H and O–H groups in total. The number of rotatable bonds is 5. The second-order valence-corrected chi connectivity index (χ2v) is 4.75. The van der Waals surface area contributed by atoms with Crippen molar-refractivity contribution < 1.29 is 19.1 Å². The molecule has 1 heterocycles. The first-order valence-corrected chi connectivity index (χ1v) is 6.59. The first-order chi connectivity index (χ1) is 9.99. The molecule has 6 heteroatoms. The number of carbonyl (C=O) groups excluding carboxylic acids is 1. The number of aromatic hydroxyl groups is 1. The van der Waals surface area contributed by atoms with E-state index in [0.29, 0.717) is 18.7 Å². The molecule has 6 nitrogen and oxygen atoms in total. The lowest BCUT2D eigenvalue weighted by molar-refractivity contribution is -0.144. The molecule has 21 heavy (non-hydrogen) atoms. The second-order valence-electron chi connectivity index (χ2n) is 4.75. The third-order valence-corrected chi connectivity index (χ3v) is 2.96. The molecule has 0 aliphatic heterocycles. The molecule has 0 radical (unpaired) electrons. The van der Waals surface area contributed by atoms with Gasteiger partial charge in [-0.3, -0.25) is 9.69 Å². The second kappa shape index (κ2) is 6.41. The van der Waals surface area contributed by atoms with Crippen LogP contribution in [0, 0.1) is 0 Å². The molecule has 0 unspecified atom stereocenters. The predicted molar refractivity (Wildman–Crippen MR) is 77.1 cm³/mol. The first kappa shape index (κ1) is 15.1. The number of benzene rings is 1. The van der Waals surface area contributed by atoms with Crippen LogP contribution in [0.3, 0.4) is 0 Å². The van der Waals surface area contributed by atoms with E-state index in [-0.39, 0.29) is 18.3 Å². The van der Waals surface area contributed by atoms with E-state index in [2.05, 4.69) is 0 Å². The number of nitrogens with zero attached hydrogens (tertiary/aromatic N) is 1. The molecular formula is C15H17NO5. The Hall–Kier alpha value is -2.34. The Kier molecular flexibility index (Phi) is 4.59. The van der Waals surface area contributed by atoms with Crippen LogP contribution in [0.1, 0.15) is 12.5 Å². The number of carbonyl (C=O) groups is 1. The van der Waals surface area contributed by atoms with Gasteiger partial charge in [0.15, 0.2) is 0 Å². The van der Waals surface area contributed by atoms with Gasteiger partial charge in [-0.2, -0.15) is 0 Å². The summed E-state index contributed by atoms with van der Waals surface area (Å²) in [6.07, 6.45) is 0. The highest BCUT2D eigenvalue weighted by molar-refractivity contribution is 5.81. The number of phenolic OH excluding ortho intramolecular Hbond substituents is 1. The van der Waals surface area contributed by atoms with Gasteiger partial charge in [0.1, 0.15) is 11.3 Å². The van der Waals surface area contributed by atoms with E-state index in [1.165, 1.54) is 18.2 Å². The van der Waals surface area contributed by atoms with Crippen molar-refractivity contribution in [2.24, 2.45) is 0 Å². The third-order valence-electron chi connectivity index (χ3n) is 2.96. The van der Waals surface area contributed by atoms with Gasteiger partial charge in [-0.15, -0.1) is 0 Å². The summed E-state index contributed by atoms with van der Waals surface area (Å²) in [7, 11) is 1.76. The molecule has 2 rings (SSSR count). The van der Waals surface area contributed by atoms with Crippen molar-refractivity contribution in [3.8, 4) is 5.75 Å². The molecule has 0 saturated heterocycles. The Morgan fingerprint density at radius 1 is 1.38 bits per heavy atom. The smallest absolute Gasteiger partial charge is 0.336 e. The van der Waals surface area contributed by atoms with Crippen LogP contribution in [0.5, 0.6) is 5.75 Å². The number of esters is 1. The van der Waals surface area contributed by atoms with E-state index in [4.69, 9.17) is 9.15 Å². The van der Waals surface area contributed by atoms with Crippen molar-refractivity contribution in [3.05, 3.63) is 40.2 Å². The fraction of sp³-hybridized carbons (Fsp3) is 0.333. The van der Waals surface area contributed by atoms with Crippen LogP contribution in [0.4, 0.5) is 0 Å². The molecule has 1 aromatic heterocycles. The molecule has 0 aliphatic rings. The third kappa shape index (κ3) is 3.82. The summed E-state index contributed by atoms with van der Waals surface area (Å²) in [5.41, 5.74) is 0.558. The molecule has 0 fully saturated rings. The Morgan fingerprint density at radius 2 is 2.14 bits per heavy atom. The number of hydrogen-bond acceptors (Lipinski definition) is 6. The maximum Gasteiger partial charge on any atom is 0.336 e. The average Bonchev–Trinajstić information content (AvgIpc) is 2.37. The highest BCUT2D eigenvalue weighted by Crippen LogP contribution is 2.22. The summed E-state index contributed by atoms with van der Waals surface area (Å²) in [5.74, 6) is -0.285. The quantitative estimate of drug-likeness (QED) is 0.664. The molecule has 0 spiro atoms. The van der Waals surface area contributed by atoms with Gasteiger partial charge < -0.3 is 14.3 Å². The van der Waals surface area contributed by atoms with Crippen LogP contribution in [0.15, 0.2) is 33.5 Å². The number of fused-ring (bicyclic) bond motifs is 1. The van der Waals surface area contributed by atoms with Crippen LogP contribution >= 0.6 is 0 Å². The van der Waals surface area contributed by atoms with Crippen LogP contribution in [0.25, 0.3) is 11.0 Å². The normalized spacial score (nSPS) is 11.0. The van der Waals surface area contributed by atoms with E-state index in [0.717, 1.165) is 10.9 Å². The highest BCUT2D eigenvalue weighted by atomic mass is 16.5. The number of ether oxygens (including phenoxy) is 1. The van der Waals surface area contributed by atoms with Crippen LogP contribution in [-0.4, -0.2) is 36.2 Å². The molecular weight excluding hydrogens is 274 g/mol. The zero-order valence-corrected chi connectivity index (χ0v) is 12.0. The minimum atomic E-state index is -0.493. The van der Waals surface area contributed by atoms with Crippen molar-refractivity contribution in [2.45, 2.75) is 13.5 Å². The van der Waals surface area contributed by atoms with Gasteiger partial charge in [-0.1, -0.05) is 0 Å². The molecule has 0 amide bonds. The minimum Gasteiger partial charge on any atom is -0.508 e. The van der Waals surface area contributed by atoms with Gasteiger partial charge in [0, 0.05) is 24.1 Å². The van der Waals surface area contributed by atoms with Gasteiger partial charge >= 0.3 is 11.6 Å². The fourth-order valence-electron chi connectivity index (χ4n) is 2.12. The monoisotopic (exact) mass is 291 g/mol. The highest BCUT2D eigenvalue weighted by Gasteiger charge is 2.12. The SMILES string of the molecule is CCOC(=O)CN(C)Cc1cc(=O)oc2cc(O)ccc12. The lowest BCUT2D eigenvalue weighted by Crippen LogP contribution is -2.27. The van der Waals surface area contributed by atoms with E-state index in [1.54, 1.807) is 24.9 Å². The lowest BCUT2D eigenvalue weighted by Gasteiger charge is -2.16. The summed E-state index contributed by atoms with van der Waals surface area (Å²) in [5, 5.41) is 10.2. The summed E-state index contributed by atoms with van der Waals surface area (Å²) in [4.78, 5) is 24.8. The van der Waals surface area contributed by atoms with Crippen LogP contribution in [0.2, 0.25) is 0 Å². The molecule has 0 bridgehead atoms. The van der Waals surface area contributed by atoms with Crippen molar-refractivity contribution in [1.82, 2.24) is 4.90 Å². The van der Waals surface area contributed by atoms with Gasteiger partial charge in [-0.05, 0) is 31.7 Å². The average molecular weight is 291 g/mol. The molecule has 0 aliphatic carbocycles. The van der Waals surface area contributed by atoms with Gasteiger partial charge in [0.05, 0.1) is 13.2 Å². The Labute approximate surface area is 121 Å². The Balaban J connectivity index is 2.25. The summed E-state index contributed by atoms with van der Waals surface area (Å²) in [6, 6.07) is 5.99. The van der Waals surface area contributed by atoms with Crippen LogP contribution in [-0.2, 0) is 16.1 Å². The van der Waals surface area contributed by atoms with Crippen molar-refractivity contribution in [2.75, 3.05) is 20.2 Å². The molecule has 112 valence electrons. The zero-order chi connectivity index (χ0) is 15.4. The maximum absolute atomic E-state index is 11.6. The van der Waals surface area contributed by atoms with E-state index in [1.807, 2.05) is 0 Å². The molecule has 2 aromatic rings. The van der Waals surface area contributed by atoms with Crippen molar-refractivity contribution in [1.29, 1.82) is 0 Å². The molecule has 1 aromatic carbocycles. The zero-order valence-electron chi connectivity index (χ0n) is 12.0. The van der Waals surface area contributed by atoms with Crippen LogP contribution < -0.4 is 5.63 Å². The Morgan fingerprint density at radius 3 is 2.86 bits per heavy atom. The van der Waals surface area contributed by atoms with E-state index in [9.17, 15) is 14.7 Å². The van der Waals surface area contributed by atoms with Gasteiger partial charge in [0.25, 0.3) is 0 Å². The standard InChI is InChI=1S/C15H17NO5/c1-3-20-15(19)9-16(2)8-10-6-14(18)21-13-7-11(17)4-5-12(10)13/h4-7,17H,3,8-9H2,1-2H3. The van der Waals surface area contributed by atoms with Gasteiger partial charge in [-0.25, -0.2) is 4.79 Å². The molecule has 0 atom stereocenters. The fourth-order valence-corrected chi connectivity index (χ4v) is 2.12. The predicted octanol–water partition coefficient (Wildman–Crippen LogP) is 1.49. The van der Waals surface area contributed by atoms with Crippen molar-refractivity contribution in [3.63, 3.8) is 0 Å². The minimum absolute atomic E-state index is 0.0303. The number of likely N-dealkylation sites (N-methyl/N-ethyl adjacent to an activating group) is 1. The molecule has 0 saturated carbocycles. The van der Waals surface area contributed by atoms with Crippen molar-refractivity contribution >= 4 is 16.9 Å². The largest absolute Gasteiger partial charge is 0.508 e. The lowest BCUT2D eigenvalue weighted by atomic mass is 10.1. The Bertz CT molecular complexity index is 707. The number of phenols is 1. The van der Waals surface area contributed by atoms with Gasteiger partial charge in [0.2, 0.25) is 0 Å². The summed E-state index contributed by atoms with van der Waals surface area (Å²) < 4.78 is 9.94. The summed E-state index contributed by atoms with van der Waals surface area (Å²) >= 11 is 0. The summed E-state index contributed by atoms with van der Waals surface area (Å²) in [6.45, 7) is 2.61.